The van der Waals surface area contributed by atoms with Crippen molar-refractivity contribution in [1.29, 1.82) is 0 Å². The molecule has 0 bridgehead atoms. The molecule has 3 unspecified atom stereocenters. The lowest BCUT2D eigenvalue weighted by Gasteiger charge is -2.29. The van der Waals surface area contributed by atoms with Crippen molar-refractivity contribution in [3.63, 3.8) is 0 Å². The molecule has 0 aliphatic heterocycles. The smallest absolute Gasteiger partial charge is 0.268 e. The van der Waals surface area contributed by atoms with Crippen LogP contribution in [-0.2, 0) is 18.4 Å². The number of hydrogen-bond acceptors (Lipinski definition) is 6. The Morgan fingerprint density at radius 1 is 0.500 bits per heavy atom. The van der Waals surface area contributed by atoms with Crippen molar-refractivity contribution >= 4 is 13.7 Å². The normalized spacial score (nSPS) is 15.2. The zero-order valence-electron chi connectivity index (χ0n) is 46.1. The summed E-state index contributed by atoms with van der Waals surface area (Å²) in [4.78, 5) is 25.3. The Morgan fingerprint density at radius 3 is 1.29 bits per heavy atom. The van der Waals surface area contributed by atoms with Crippen molar-refractivity contribution in [1.82, 2.24) is 5.32 Å². The van der Waals surface area contributed by atoms with Crippen molar-refractivity contribution in [3.8, 4) is 0 Å². The number of allylic oxidation sites excluding steroid dienone is 25. The van der Waals surface area contributed by atoms with Gasteiger partial charge in [-0.05, 0) is 116 Å². The van der Waals surface area contributed by atoms with Crippen LogP contribution in [0.25, 0.3) is 0 Å². The highest BCUT2D eigenvalue weighted by molar-refractivity contribution is 7.45. The van der Waals surface area contributed by atoms with Crippen molar-refractivity contribution in [2.24, 2.45) is 0 Å². The van der Waals surface area contributed by atoms with E-state index in [0.717, 1.165) is 122 Å². The highest BCUT2D eigenvalue weighted by atomic mass is 31.2. The maximum Gasteiger partial charge on any atom is 0.268 e. The fourth-order valence-corrected chi connectivity index (χ4v) is 7.60. The zero-order valence-corrected chi connectivity index (χ0v) is 46.9. The molecule has 0 heterocycles. The van der Waals surface area contributed by atoms with Crippen LogP contribution in [0.1, 0.15) is 181 Å². The Kier molecular flexibility index (Phi) is 49.2. The molecule has 0 spiro atoms. The number of aliphatic hydroxyl groups is 1. The molecule has 0 aliphatic carbocycles. The molecular formula is C63H103N2O6P. The molecule has 0 aromatic heterocycles. The number of nitrogens with zero attached hydrogens (tertiary/aromatic N) is 1. The van der Waals surface area contributed by atoms with Gasteiger partial charge in [0, 0.05) is 6.42 Å². The first kappa shape index (κ1) is 68.1. The third-order valence-corrected chi connectivity index (χ3v) is 12.2. The van der Waals surface area contributed by atoms with E-state index in [2.05, 4.69) is 165 Å². The number of unbranched alkanes of at least 4 members (excludes halogenated alkanes) is 11. The largest absolute Gasteiger partial charge is 0.756 e. The van der Waals surface area contributed by atoms with Crippen LogP contribution in [0.4, 0.5) is 0 Å². The van der Waals surface area contributed by atoms with Crippen LogP contribution in [0.5, 0.6) is 0 Å². The maximum absolute atomic E-state index is 12.9. The third kappa shape index (κ3) is 53.9. The summed E-state index contributed by atoms with van der Waals surface area (Å²) in [5.74, 6) is -0.230. The summed E-state index contributed by atoms with van der Waals surface area (Å²) in [6, 6.07) is -0.918. The molecule has 0 aromatic carbocycles. The van der Waals surface area contributed by atoms with E-state index in [1.807, 2.05) is 27.2 Å². The van der Waals surface area contributed by atoms with Gasteiger partial charge < -0.3 is 28.8 Å². The SMILES string of the molecule is CC/C=C\C/C=C\C/C=C\C/C=C\C/C=C\C/C=C\C/C=C\C/C=C\C/C=C\C/C=C\C/C=C\CCCCCCCCCC(=O)NC(COP(=O)([O-])OCC[N+](C)(C)C)C(O)/C=C/CC/C=C/CCCCC. The first-order valence-electron chi connectivity index (χ1n) is 27.8. The number of hydrogen-bond donors (Lipinski definition) is 2. The van der Waals surface area contributed by atoms with Crippen LogP contribution in [-0.4, -0.2) is 68.5 Å². The summed E-state index contributed by atoms with van der Waals surface area (Å²) in [5, 5.41) is 13.7. The lowest BCUT2D eigenvalue weighted by atomic mass is 10.1. The second-order valence-electron chi connectivity index (χ2n) is 19.2. The molecule has 0 radical (unpaired) electrons. The van der Waals surface area contributed by atoms with E-state index in [1.54, 1.807) is 6.08 Å². The summed E-state index contributed by atoms with van der Waals surface area (Å²) < 4.78 is 23.1. The van der Waals surface area contributed by atoms with Gasteiger partial charge in [-0.3, -0.25) is 9.36 Å². The topological polar surface area (TPSA) is 108 Å². The first-order chi connectivity index (χ1) is 35.0. The average molecular weight is 1020 g/mol. The van der Waals surface area contributed by atoms with Gasteiger partial charge >= 0.3 is 0 Å². The Morgan fingerprint density at radius 2 is 0.861 bits per heavy atom. The van der Waals surface area contributed by atoms with Gasteiger partial charge in [-0.2, -0.15) is 0 Å². The van der Waals surface area contributed by atoms with Crippen molar-refractivity contribution in [2.45, 2.75) is 193 Å². The molecule has 72 heavy (non-hydrogen) atoms. The molecule has 0 aromatic rings. The van der Waals surface area contributed by atoms with E-state index in [9.17, 15) is 19.4 Å². The molecule has 406 valence electrons. The first-order valence-corrected chi connectivity index (χ1v) is 29.3. The van der Waals surface area contributed by atoms with Gasteiger partial charge in [-0.25, -0.2) is 0 Å². The second kappa shape index (κ2) is 52.0. The molecule has 9 heteroatoms. The van der Waals surface area contributed by atoms with Gasteiger partial charge in [0.05, 0.1) is 39.9 Å². The van der Waals surface area contributed by atoms with E-state index in [0.29, 0.717) is 17.4 Å². The fraction of sp³-hybridized carbons (Fsp3) is 0.571. The molecule has 0 rings (SSSR count). The summed E-state index contributed by atoms with van der Waals surface area (Å²) >= 11 is 0. The molecule has 3 atom stereocenters. The van der Waals surface area contributed by atoms with E-state index in [4.69, 9.17) is 9.05 Å². The molecule has 1 amide bonds. The maximum atomic E-state index is 12.9. The lowest BCUT2D eigenvalue weighted by molar-refractivity contribution is -0.870. The molecule has 0 saturated carbocycles. The Bertz CT molecular complexity index is 1720. The molecule has 2 N–H and O–H groups in total. The van der Waals surface area contributed by atoms with Gasteiger partial charge in [0.2, 0.25) is 5.91 Å². The van der Waals surface area contributed by atoms with Crippen LogP contribution in [0, 0.1) is 0 Å². The molecule has 0 aliphatic rings. The minimum atomic E-state index is -4.61. The molecular weight excluding hydrogens is 912 g/mol. The van der Waals surface area contributed by atoms with Crippen LogP contribution in [0.2, 0.25) is 0 Å². The fourth-order valence-electron chi connectivity index (χ4n) is 6.88. The Balaban J connectivity index is 4.09. The van der Waals surface area contributed by atoms with Crippen LogP contribution < -0.4 is 10.2 Å². The van der Waals surface area contributed by atoms with Gasteiger partial charge in [0.15, 0.2) is 0 Å². The number of phosphoric ester groups is 1. The number of likely N-dealkylation sites (N-methyl/N-ethyl adjacent to an activating group) is 1. The van der Waals surface area contributed by atoms with E-state index in [1.165, 1.54) is 38.5 Å². The monoisotopic (exact) mass is 1010 g/mol. The van der Waals surface area contributed by atoms with Crippen molar-refractivity contribution in [2.75, 3.05) is 40.9 Å². The number of aliphatic hydroxyl groups excluding tert-OH is 1. The summed E-state index contributed by atoms with van der Waals surface area (Å²) in [5.41, 5.74) is 0. The number of rotatable bonds is 48. The minimum absolute atomic E-state index is 0.0173. The number of carbonyl (C=O) groups excluding carboxylic acids is 1. The molecule has 0 fully saturated rings. The number of nitrogens with one attached hydrogen (secondary N) is 1. The van der Waals surface area contributed by atoms with E-state index < -0.39 is 26.6 Å². The summed E-state index contributed by atoms with van der Waals surface area (Å²) in [7, 11) is 1.21. The van der Waals surface area contributed by atoms with Gasteiger partial charge in [0.25, 0.3) is 7.82 Å². The Hall–Kier alpha value is -3.88. The van der Waals surface area contributed by atoms with Gasteiger partial charge in [-0.15, -0.1) is 0 Å². The predicted molar refractivity (Wildman–Crippen MR) is 311 cm³/mol. The van der Waals surface area contributed by atoms with Crippen molar-refractivity contribution < 1.29 is 32.9 Å². The third-order valence-electron chi connectivity index (χ3n) is 11.2. The second-order valence-corrected chi connectivity index (χ2v) is 20.6. The van der Waals surface area contributed by atoms with Gasteiger partial charge in [-0.1, -0.05) is 217 Å². The number of carbonyl (C=O) groups is 1. The van der Waals surface area contributed by atoms with E-state index >= 15 is 0 Å². The number of quaternary nitrogens is 1. The predicted octanol–water partition coefficient (Wildman–Crippen LogP) is 16.5. The summed E-state index contributed by atoms with van der Waals surface area (Å²) in [6.07, 6.45) is 82.0. The number of phosphoric acid groups is 1. The quantitative estimate of drug-likeness (QED) is 0.0272. The standard InChI is InChI=1S/C63H103N2O6P/c1-6-8-10-12-14-16-17-18-19-20-21-22-23-24-25-26-27-28-29-30-31-32-33-34-35-36-37-38-39-40-41-42-43-44-45-46-47-49-51-53-55-57-63(67)64-61(60-71-72(68,69)70-59-58-65(3,4)5)62(66)56-54-52-50-48-15-13-11-9-7-2/h8,10,14-16,18-19,21-22,24-25,27-28,30-31,33-34,36-37,39-40,42-43,48,54,56,61-62,66H,6-7,9,11-13,17,20,23,26,29,32,35,38,41,44-47,49-53,55,57-60H2,1-5H3,(H-,64,67,68,69)/b10-8-,16-14-,19-18-,22-21-,25-24-,28-27-,31-30-,34-33-,37-36-,40-39-,43-42-,48-15+,56-54+. The Labute approximate surface area is 441 Å². The zero-order chi connectivity index (χ0) is 52.7. The number of amides is 1. The van der Waals surface area contributed by atoms with Crippen molar-refractivity contribution in [3.05, 3.63) is 158 Å². The van der Waals surface area contributed by atoms with Crippen LogP contribution in [0.3, 0.4) is 0 Å². The highest BCUT2D eigenvalue weighted by Gasteiger charge is 2.23. The average Bonchev–Trinajstić information content (AvgIpc) is 3.34. The van der Waals surface area contributed by atoms with Crippen LogP contribution in [0.15, 0.2) is 158 Å². The molecule has 8 nitrogen and oxygen atoms in total. The summed E-state index contributed by atoms with van der Waals surface area (Å²) in [6.45, 7) is 4.41. The van der Waals surface area contributed by atoms with Gasteiger partial charge in [0.1, 0.15) is 13.2 Å². The van der Waals surface area contributed by atoms with Crippen LogP contribution >= 0.6 is 7.82 Å². The lowest BCUT2D eigenvalue weighted by Crippen LogP contribution is -2.45. The van der Waals surface area contributed by atoms with E-state index in [-0.39, 0.29) is 12.5 Å². The molecule has 0 saturated heterocycles. The minimum Gasteiger partial charge on any atom is -0.756 e. The highest BCUT2D eigenvalue weighted by Crippen LogP contribution is 2.38.